The summed E-state index contributed by atoms with van der Waals surface area (Å²) in [4.78, 5) is 14.5. The molecular formula is C12H17ClN4O. The number of aromatic nitrogens is 2. The Morgan fingerprint density at radius 1 is 1.50 bits per heavy atom. The van der Waals surface area contributed by atoms with Crippen LogP contribution in [0.3, 0.4) is 0 Å². The maximum Gasteiger partial charge on any atom is 0.342 e. The monoisotopic (exact) mass is 268 g/mol. The van der Waals surface area contributed by atoms with Gasteiger partial charge in [-0.1, -0.05) is 11.6 Å². The maximum absolute atomic E-state index is 12.1. The third-order valence-electron chi connectivity index (χ3n) is 4.23. The fraction of sp³-hybridized carbons (Fsp3) is 0.667. The lowest BCUT2D eigenvalue weighted by atomic mass is 9.79. The molecule has 3 aliphatic heterocycles. The molecule has 98 valence electrons. The Bertz CT molecular complexity index is 451. The van der Waals surface area contributed by atoms with Gasteiger partial charge < -0.3 is 5.32 Å². The summed E-state index contributed by atoms with van der Waals surface area (Å²) in [6.07, 6.45) is 5.36. The van der Waals surface area contributed by atoms with Crippen LogP contribution in [-0.4, -0.2) is 45.9 Å². The largest absolute Gasteiger partial charge is 0.342 e. The van der Waals surface area contributed by atoms with E-state index in [4.69, 9.17) is 11.6 Å². The topological polar surface area (TPSA) is 50.2 Å². The first-order chi connectivity index (χ1) is 8.65. The Morgan fingerprint density at radius 3 is 2.78 bits per heavy atom. The molecule has 4 rings (SSSR count). The zero-order valence-electron chi connectivity index (χ0n) is 10.3. The van der Waals surface area contributed by atoms with E-state index in [1.165, 1.54) is 29.9 Å². The van der Waals surface area contributed by atoms with Gasteiger partial charge in [-0.05, 0) is 38.8 Å². The number of hydrogen-bond acceptors (Lipinski definition) is 3. The number of fused-ring (bicyclic) bond motifs is 3. The molecule has 2 bridgehead atoms. The van der Waals surface area contributed by atoms with Crippen LogP contribution in [-0.2, 0) is 0 Å². The van der Waals surface area contributed by atoms with Gasteiger partial charge in [-0.3, -0.25) is 4.90 Å². The van der Waals surface area contributed by atoms with Crippen LogP contribution in [0.15, 0.2) is 12.4 Å². The first kappa shape index (κ1) is 12.0. The van der Waals surface area contributed by atoms with E-state index >= 15 is 0 Å². The molecule has 0 aromatic carbocycles. The summed E-state index contributed by atoms with van der Waals surface area (Å²) in [5.41, 5.74) is 0. The first-order valence-electron chi connectivity index (χ1n) is 6.40. The van der Waals surface area contributed by atoms with E-state index in [2.05, 4.69) is 22.2 Å². The lowest BCUT2D eigenvalue weighted by molar-refractivity contribution is 0.0266. The minimum Gasteiger partial charge on any atom is -0.332 e. The third kappa shape index (κ3) is 2.01. The van der Waals surface area contributed by atoms with E-state index < -0.39 is 0 Å². The van der Waals surface area contributed by atoms with Crippen molar-refractivity contribution in [2.75, 3.05) is 13.1 Å². The fourth-order valence-corrected chi connectivity index (χ4v) is 3.30. The van der Waals surface area contributed by atoms with Crippen LogP contribution in [0.25, 0.3) is 0 Å². The highest BCUT2D eigenvalue weighted by atomic mass is 35.5. The smallest absolute Gasteiger partial charge is 0.332 e. The highest BCUT2D eigenvalue weighted by Crippen LogP contribution is 2.32. The van der Waals surface area contributed by atoms with Crippen LogP contribution in [0, 0.1) is 5.92 Å². The molecule has 3 saturated heterocycles. The molecule has 4 heterocycles. The molecule has 1 aromatic rings. The second kappa shape index (κ2) is 4.55. The molecule has 1 amide bonds. The number of hydrogen-bond donors (Lipinski definition) is 1. The van der Waals surface area contributed by atoms with Crippen LogP contribution >= 0.6 is 11.6 Å². The molecule has 5 nitrogen and oxygen atoms in total. The Labute approximate surface area is 111 Å². The SMILES string of the molecule is C[C@H]1[C@H](NC(=O)n2cc(Cl)cn2)C2CCN1CC2. The number of amides is 1. The number of carbonyl (C=O) groups is 1. The van der Waals surface area contributed by atoms with Gasteiger partial charge in [-0.25, -0.2) is 4.79 Å². The van der Waals surface area contributed by atoms with Gasteiger partial charge in [0.05, 0.1) is 17.4 Å². The van der Waals surface area contributed by atoms with Crippen LogP contribution in [0.1, 0.15) is 19.8 Å². The van der Waals surface area contributed by atoms with Gasteiger partial charge in [0, 0.05) is 12.1 Å². The predicted molar refractivity (Wildman–Crippen MR) is 68.7 cm³/mol. The first-order valence-corrected chi connectivity index (χ1v) is 6.78. The molecule has 0 unspecified atom stereocenters. The standard InChI is InChI=1S/C12H17ClN4O/c1-8-11(9-2-4-16(8)5-3-9)15-12(18)17-7-10(13)6-14-17/h6-9,11H,2-5H2,1H3,(H,15,18)/t8-,11-/m0/s1. The average Bonchev–Trinajstić information content (AvgIpc) is 2.81. The minimum atomic E-state index is -0.188. The van der Waals surface area contributed by atoms with Crippen LogP contribution < -0.4 is 5.32 Å². The molecule has 0 radical (unpaired) electrons. The van der Waals surface area contributed by atoms with Gasteiger partial charge in [0.2, 0.25) is 0 Å². The van der Waals surface area contributed by atoms with Crippen molar-refractivity contribution in [1.82, 2.24) is 20.0 Å². The van der Waals surface area contributed by atoms with Crippen LogP contribution in [0.5, 0.6) is 0 Å². The summed E-state index contributed by atoms with van der Waals surface area (Å²) in [6, 6.07) is 0.447. The van der Waals surface area contributed by atoms with Crippen molar-refractivity contribution in [3.8, 4) is 0 Å². The predicted octanol–water partition coefficient (Wildman–Crippen LogP) is 1.58. The van der Waals surface area contributed by atoms with Crippen molar-refractivity contribution in [3.63, 3.8) is 0 Å². The zero-order valence-corrected chi connectivity index (χ0v) is 11.1. The summed E-state index contributed by atoms with van der Waals surface area (Å²) < 4.78 is 1.27. The second-order valence-electron chi connectivity index (χ2n) is 5.19. The van der Waals surface area contributed by atoms with E-state index in [-0.39, 0.29) is 12.1 Å². The minimum absolute atomic E-state index is 0.188. The summed E-state index contributed by atoms with van der Waals surface area (Å²) >= 11 is 5.77. The normalized spacial score (nSPS) is 34.6. The Morgan fingerprint density at radius 2 is 2.22 bits per heavy atom. The number of carbonyl (C=O) groups excluding carboxylic acids is 1. The molecule has 1 N–H and O–H groups in total. The van der Waals surface area contributed by atoms with E-state index in [1.54, 1.807) is 0 Å². The molecule has 0 aliphatic carbocycles. The highest BCUT2D eigenvalue weighted by Gasteiger charge is 2.40. The van der Waals surface area contributed by atoms with Gasteiger partial charge in [0.25, 0.3) is 0 Å². The summed E-state index contributed by atoms with van der Waals surface area (Å²) in [5.74, 6) is 0.597. The van der Waals surface area contributed by atoms with Crippen molar-refractivity contribution < 1.29 is 4.79 Å². The summed E-state index contributed by atoms with van der Waals surface area (Å²) in [7, 11) is 0. The molecule has 0 spiro atoms. The number of nitrogens with one attached hydrogen (secondary N) is 1. The van der Waals surface area contributed by atoms with Crippen molar-refractivity contribution in [2.45, 2.75) is 31.8 Å². The number of rotatable bonds is 1. The number of piperidine rings is 3. The zero-order chi connectivity index (χ0) is 12.7. The second-order valence-corrected chi connectivity index (χ2v) is 5.63. The average molecular weight is 269 g/mol. The van der Waals surface area contributed by atoms with E-state index in [1.807, 2.05) is 0 Å². The molecule has 1 aromatic heterocycles. The Hall–Kier alpha value is -1.07. The molecule has 2 atom stereocenters. The van der Waals surface area contributed by atoms with E-state index in [0.717, 1.165) is 13.1 Å². The quantitative estimate of drug-likeness (QED) is 0.841. The fourth-order valence-electron chi connectivity index (χ4n) is 3.17. The Balaban J connectivity index is 1.71. The molecule has 3 aliphatic rings. The lowest BCUT2D eigenvalue weighted by Crippen LogP contribution is -2.62. The van der Waals surface area contributed by atoms with Gasteiger partial charge in [-0.15, -0.1) is 0 Å². The van der Waals surface area contributed by atoms with Crippen molar-refractivity contribution >= 4 is 17.6 Å². The van der Waals surface area contributed by atoms with Crippen molar-refractivity contribution in [1.29, 1.82) is 0 Å². The summed E-state index contributed by atoms with van der Waals surface area (Å²) in [5, 5.41) is 7.50. The molecule has 18 heavy (non-hydrogen) atoms. The molecule has 6 heteroatoms. The van der Waals surface area contributed by atoms with Crippen molar-refractivity contribution in [3.05, 3.63) is 17.4 Å². The third-order valence-corrected chi connectivity index (χ3v) is 4.42. The van der Waals surface area contributed by atoms with Crippen LogP contribution in [0.4, 0.5) is 4.79 Å². The van der Waals surface area contributed by atoms with Gasteiger partial charge in [0.15, 0.2) is 0 Å². The summed E-state index contributed by atoms with van der Waals surface area (Å²) in [6.45, 7) is 4.50. The molecule has 3 fully saturated rings. The maximum atomic E-state index is 12.1. The number of nitrogens with zero attached hydrogens (tertiary/aromatic N) is 3. The molecule has 0 saturated carbocycles. The van der Waals surface area contributed by atoms with Crippen molar-refractivity contribution in [2.24, 2.45) is 5.92 Å². The van der Waals surface area contributed by atoms with Gasteiger partial charge in [-0.2, -0.15) is 9.78 Å². The Kier molecular flexibility index (Phi) is 3.03. The molecular weight excluding hydrogens is 252 g/mol. The number of halogens is 1. The van der Waals surface area contributed by atoms with E-state index in [0.29, 0.717) is 17.0 Å². The van der Waals surface area contributed by atoms with Gasteiger partial charge in [0.1, 0.15) is 0 Å². The lowest BCUT2D eigenvalue weighted by Gasteiger charge is -2.49. The van der Waals surface area contributed by atoms with Crippen LogP contribution in [0.2, 0.25) is 5.02 Å². The van der Waals surface area contributed by atoms with E-state index in [9.17, 15) is 4.79 Å². The highest BCUT2D eigenvalue weighted by molar-refractivity contribution is 6.30. The van der Waals surface area contributed by atoms with Gasteiger partial charge >= 0.3 is 6.03 Å².